The van der Waals surface area contributed by atoms with E-state index >= 15 is 0 Å². The molecule has 0 atom stereocenters. The van der Waals surface area contributed by atoms with Gasteiger partial charge in [-0.1, -0.05) is 18.2 Å². The smallest absolute Gasteiger partial charge is 0.418 e. The first-order chi connectivity index (χ1) is 9.71. The van der Waals surface area contributed by atoms with E-state index in [9.17, 15) is 18.0 Å². The summed E-state index contributed by atoms with van der Waals surface area (Å²) in [6, 6.07) is 8.44. The number of benzene rings is 2. The molecule has 0 heterocycles. The number of halogens is 4. The molecule has 2 aromatic carbocycles. The molecule has 0 aromatic heterocycles. The lowest BCUT2D eigenvalue weighted by Crippen LogP contribution is -2.10. The van der Waals surface area contributed by atoms with E-state index in [2.05, 4.69) is 0 Å². The van der Waals surface area contributed by atoms with Crippen LogP contribution in [0.1, 0.15) is 21.5 Å². The molecule has 0 saturated heterocycles. The summed E-state index contributed by atoms with van der Waals surface area (Å²) in [7, 11) is 0. The van der Waals surface area contributed by atoms with Crippen molar-refractivity contribution in [1.29, 1.82) is 0 Å². The van der Waals surface area contributed by atoms with Crippen LogP contribution in [0.5, 0.6) is 0 Å². The van der Waals surface area contributed by atoms with Crippen molar-refractivity contribution >= 4 is 28.6 Å². The van der Waals surface area contributed by atoms with E-state index in [1.54, 1.807) is 35.6 Å². The van der Waals surface area contributed by atoms with E-state index in [-0.39, 0.29) is 14.7 Å². The first-order valence-corrected chi connectivity index (χ1v) is 6.99. The fourth-order valence-corrected chi connectivity index (χ4v) is 2.94. The van der Waals surface area contributed by atoms with Crippen LogP contribution >= 0.6 is 22.6 Å². The molecule has 0 saturated carbocycles. The largest absolute Gasteiger partial charge is 0.478 e. The summed E-state index contributed by atoms with van der Waals surface area (Å²) in [5, 5.41) is 8.92. The van der Waals surface area contributed by atoms with Gasteiger partial charge in [0, 0.05) is 3.57 Å². The van der Waals surface area contributed by atoms with Crippen LogP contribution in [-0.2, 0) is 6.18 Å². The Balaban J connectivity index is 2.68. The maximum absolute atomic E-state index is 13.2. The highest BCUT2D eigenvalue weighted by molar-refractivity contribution is 14.1. The third-order valence-electron chi connectivity index (χ3n) is 3.06. The predicted molar refractivity (Wildman–Crippen MR) is 81.3 cm³/mol. The molecular formula is C15H10F3IO2. The molecule has 1 N–H and O–H groups in total. The number of alkyl halides is 3. The summed E-state index contributed by atoms with van der Waals surface area (Å²) < 4.78 is 39.8. The van der Waals surface area contributed by atoms with E-state index in [4.69, 9.17) is 5.11 Å². The van der Waals surface area contributed by atoms with E-state index < -0.39 is 17.7 Å². The lowest BCUT2D eigenvalue weighted by atomic mass is 9.94. The average Bonchev–Trinajstić information content (AvgIpc) is 2.36. The SMILES string of the molecule is Cc1cc(C(=O)O)ccc1-c1cccc(I)c1C(F)(F)F. The van der Waals surface area contributed by atoms with Gasteiger partial charge >= 0.3 is 12.1 Å². The molecule has 0 radical (unpaired) electrons. The zero-order valence-electron chi connectivity index (χ0n) is 10.8. The summed E-state index contributed by atoms with van der Waals surface area (Å²) >= 11 is 1.65. The van der Waals surface area contributed by atoms with Crippen LogP contribution in [-0.4, -0.2) is 11.1 Å². The van der Waals surface area contributed by atoms with Crippen LogP contribution in [0.2, 0.25) is 0 Å². The van der Waals surface area contributed by atoms with Crippen molar-refractivity contribution < 1.29 is 23.1 Å². The molecule has 110 valence electrons. The van der Waals surface area contributed by atoms with Crippen LogP contribution in [0.3, 0.4) is 0 Å². The Morgan fingerprint density at radius 1 is 1.14 bits per heavy atom. The third-order valence-corrected chi connectivity index (χ3v) is 3.96. The second-order valence-corrected chi connectivity index (χ2v) is 5.66. The van der Waals surface area contributed by atoms with Gasteiger partial charge in [0.05, 0.1) is 11.1 Å². The quantitative estimate of drug-likeness (QED) is 0.715. The number of carboxylic acid groups (broad SMARTS) is 1. The van der Waals surface area contributed by atoms with Gasteiger partial charge in [-0.2, -0.15) is 13.2 Å². The van der Waals surface area contributed by atoms with Crippen LogP contribution in [0, 0.1) is 10.5 Å². The van der Waals surface area contributed by atoms with Crippen molar-refractivity contribution in [2.75, 3.05) is 0 Å². The van der Waals surface area contributed by atoms with Gasteiger partial charge in [0.2, 0.25) is 0 Å². The van der Waals surface area contributed by atoms with Gasteiger partial charge in [0.25, 0.3) is 0 Å². The third kappa shape index (κ3) is 3.20. The minimum Gasteiger partial charge on any atom is -0.478 e. The summed E-state index contributed by atoms with van der Waals surface area (Å²) in [6.45, 7) is 1.60. The highest BCUT2D eigenvalue weighted by atomic mass is 127. The number of aryl methyl sites for hydroxylation is 1. The van der Waals surface area contributed by atoms with Gasteiger partial charge in [-0.3, -0.25) is 0 Å². The average molecular weight is 406 g/mol. The normalized spacial score (nSPS) is 11.5. The Hall–Kier alpha value is -1.57. The highest BCUT2D eigenvalue weighted by Gasteiger charge is 2.36. The van der Waals surface area contributed by atoms with E-state index in [1.807, 2.05) is 0 Å². The Labute approximate surface area is 132 Å². The van der Waals surface area contributed by atoms with Crippen molar-refractivity contribution in [2.45, 2.75) is 13.1 Å². The lowest BCUT2D eigenvalue weighted by molar-refractivity contribution is -0.137. The predicted octanol–water partition coefficient (Wildman–Crippen LogP) is 4.98. The summed E-state index contributed by atoms with van der Waals surface area (Å²) in [5.41, 5.74) is 0.282. The fourth-order valence-electron chi connectivity index (χ4n) is 2.14. The van der Waals surface area contributed by atoms with Crippen molar-refractivity contribution in [1.82, 2.24) is 0 Å². The second kappa shape index (κ2) is 5.67. The molecule has 21 heavy (non-hydrogen) atoms. The monoisotopic (exact) mass is 406 g/mol. The first kappa shape index (κ1) is 15.8. The number of hydrogen-bond donors (Lipinski definition) is 1. The maximum atomic E-state index is 13.2. The lowest BCUT2D eigenvalue weighted by Gasteiger charge is -2.16. The molecule has 0 spiro atoms. The first-order valence-electron chi connectivity index (χ1n) is 5.92. The topological polar surface area (TPSA) is 37.3 Å². The molecule has 0 aliphatic heterocycles. The Kier molecular flexibility index (Phi) is 4.27. The van der Waals surface area contributed by atoms with Crippen LogP contribution in [0.15, 0.2) is 36.4 Å². The van der Waals surface area contributed by atoms with Gasteiger partial charge in [-0.15, -0.1) is 0 Å². The maximum Gasteiger partial charge on any atom is 0.418 e. The fraction of sp³-hybridized carbons (Fsp3) is 0.133. The molecule has 0 fully saturated rings. The number of aromatic carboxylic acids is 1. The number of carboxylic acids is 1. The summed E-state index contributed by atoms with van der Waals surface area (Å²) in [6.07, 6.45) is -4.47. The molecule has 0 aliphatic carbocycles. The molecule has 0 aliphatic rings. The molecule has 6 heteroatoms. The van der Waals surface area contributed by atoms with E-state index in [1.165, 1.54) is 30.3 Å². The molecular weight excluding hydrogens is 396 g/mol. The van der Waals surface area contributed by atoms with Gasteiger partial charge in [-0.25, -0.2) is 4.79 Å². The number of carbonyl (C=O) groups is 1. The summed E-state index contributed by atoms with van der Waals surface area (Å²) in [5.74, 6) is -1.11. The molecule has 0 amide bonds. The van der Waals surface area contributed by atoms with Crippen molar-refractivity contribution in [3.63, 3.8) is 0 Å². The standard InChI is InChI=1S/C15H10F3IO2/c1-8-7-9(14(20)21)5-6-10(8)11-3-2-4-12(19)13(11)15(16,17)18/h2-7H,1H3,(H,20,21). The highest BCUT2D eigenvalue weighted by Crippen LogP contribution is 2.40. The Morgan fingerprint density at radius 2 is 1.81 bits per heavy atom. The van der Waals surface area contributed by atoms with Gasteiger partial charge in [-0.05, 0) is 64.4 Å². The number of rotatable bonds is 2. The second-order valence-electron chi connectivity index (χ2n) is 4.50. The van der Waals surface area contributed by atoms with Crippen LogP contribution in [0.25, 0.3) is 11.1 Å². The number of hydrogen-bond acceptors (Lipinski definition) is 1. The van der Waals surface area contributed by atoms with Gasteiger partial charge in [0.15, 0.2) is 0 Å². The Morgan fingerprint density at radius 3 is 2.33 bits per heavy atom. The molecule has 2 aromatic rings. The molecule has 0 bridgehead atoms. The van der Waals surface area contributed by atoms with Gasteiger partial charge < -0.3 is 5.11 Å². The van der Waals surface area contributed by atoms with Gasteiger partial charge in [0.1, 0.15) is 0 Å². The Bertz CT molecular complexity index is 709. The molecule has 2 nitrogen and oxygen atoms in total. The minimum absolute atomic E-state index is 0.0513. The van der Waals surface area contributed by atoms with Crippen molar-refractivity contribution in [3.8, 4) is 11.1 Å². The molecule has 2 rings (SSSR count). The van der Waals surface area contributed by atoms with Crippen LogP contribution < -0.4 is 0 Å². The zero-order valence-corrected chi connectivity index (χ0v) is 13.0. The van der Waals surface area contributed by atoms with Crippen LogP contribution in [0.4, 0.5) is 13.2 Å². The van der Waals surface area contributed by atoms with Crippen molar-refractivity contribution in [2.24, 2.45) is 0 Å². The van der Waals surface area contributed by atoms with E-state index in [0.29, 0.717) is 11.1 Å². The minimum atomic E-state index is -4.47. The summed E-state index contributed by atoms with van der Waals surface area (Å²) in [4.78, 5) is 10.9. The molecule has 0 unspecified atom stereocenters. The zero-order chi connectivity index (χ0) is 15.8. The van der Waals surface area contributed by atoms with Crippen molar-refractivity contribution in [3.05, 3.63) is 56.7 Å². The van der Waals surface area contributed by atoms with E-state index in [0.717, 1.165) is 0 Å².